The van der Waals surface area contributed by atoms with Crippen LogP contribution in [0, 0.1) is 0 Å². The number of nitrogens with zero attached hydrogens (tertiary/aromatic N) is 1. The number of carboxylic acid groups (broad SMARTS) is 1. The molecule has 6 heteroatoms. The fourth-order valence-corrected chi connectivity index (χ4v) is 2.18. The number of carbonyl (C=O) groups is 2. The van der Waals surface area contributed by atoms with Gasteiger partial charge in [0.15, 0.2) is 5.60 Å². The van der Waals surface area contributed by atoms with Crippen molar-refractivity contribution >= 4 is 23.3 Å². The van der Waals surface area contributed by atoms with E-state index in [9.17, 15) is 14.7 Å². The standard InChI is InChI=1S/C14H18N2O4/c1-13(2,12(18)19)16-10-8(15)6-5-7-9(10)20-14(3,4)11(16)17/h5-7H,15H2,1-4H3,(H,18,19). The Bertz CT molecular complexity index is 593. The Morgan fingerprint density at radius 2 is 2.00 bits per heavy atom. The predicted molar refractivity (Wildman–Crippen MR) is 74.8 cm³/mol. The number of rotatable bonds is 2. The molecule has 0 atom stereocenters. The van der Waals surface area contributed by atoms with Gasteiger partial charge in [0.2, 0.25) is 0 Å². The second kappa shape index (κ2) is 4.13. The summed E-state index contributed by atoms with van der Waals surface area (Å²) in [7, 11) is 0. The number of para-hydroxylation sites is 1. The first kappa shape index (κ1) is 14.2. The zero-order valence-corrected chi connectivity index (χ0v) is 11.9. The molecule has 108 valence electrons. The highest BCUT2D eigenvalue weighted by Crippen LogP contribution is 2.44. The Balaban J connectivity index is 2.73. The lowest BCUT2D eigenvalue weighted by atomic mass is 9.94. The van der Waals surface area contributed by atoms with Gasteiger partial charge in [-0.05, 0) is 39.8 Å². The summed E-state index contributed by atoms with van der Waals surface area (Å²) >= 11 is 0. The molecular formula is C14H18N2O4. The second-order valence-electron chi connectivity index (χ2n) is 5.81. The average Bonchev–Trinajstić information content (AvgIpc) is 2.30. The van der Waals surface area contributed by atoms with Crippen molar-refractivity contribution in [3.8, 4) is 5.75 Å². The van der Waals surface area contributed by atoms with E-state index in [2.05, 4.69) is 0 Å². The summed E-state index contributed by atoms with van der Waals surface area (Å²) < 4.78 is 5.65. The van der Waals surface area contributed by atoms with Crippen molar-refractivity contribution in [2.75, 3.05) is 10.6 Å². The van der Waals surface area contributed by atoms with Crippen molar-refractivity contribution in [2.45, 2.75) is 38.8 Å². The number of anilines is 2. The molecular weight excluding hydrogens is 260 g/mol. The predicted octanol–water partition coefficient (Wildman–Crippen LogP) is 1.64. The van der Waals surface area contributed by atoms with Gasteiger partial charge in [0.25, 0.3) is 5.91 Å². The molecule has 1 amide bonds. The highest BCUT2D eigenvalue weighted by Gasteiger charge is 2.50. The summed E-state index contributed by atoms with van der Waals surface area (Å²) in [6.07, 6.45) is 0. The fourth-order valence-electron chi connectivity index (χ4n) is 2.18. The van der Waals surface area contributed by atoms with Crippen molar-refractivity contribution in [1.82, 2.24) is 0 Å². The normalized spacial score (nSPS) is 17.4. The minimum Gasteiger partial charge on any atom is -0.480 e. The van der Waals surface area contributed by atoms with Crippen LogP contribution in [0.2, 0.25) is 0 Å². The SMILES string of the molecule is CC1(C)Oc2cccc(N)c2N(C(C)(C)C(=O)O)C1=O. The number of hydrogen-bond donors (Lipinski definition) is 2. The van der Waals surface area contributed by atoms with Gasteiger partial charge in [0.1, 0.15) is 17.0 Å². The zero-order valence-electron chi connectivity index (χ0n) is 11.9. The van der Waals surface area contributed by atoms with Crippen LogP contribution in [0.4, 0.5) is 11.4 Å². The highest BCUT2D eigenvalue weighted by molar-refractivity contribution is 6.09. The maximum Gasteiger partial charge on any atom is 0.329 e. The lowest BCUT2D eigenvalue weighted by Gasteiger charge is -2.44. The van der Waals surface area contributed by atoms with Crippen molar-refractivity contribution in [1.29, 1.82) is 0 Å². The van der Waals surface area contributed by atoms with Crippen LogP contribution in [-0.4, -0.2) is 28.1 Å². The van der Waals surface area contributed by atoms with Crippen LogP contribution >= 0.6 is 0 Å². The minimum atomic E-state index is -1.43. The Labute approximate surface area is 117 Å². The third-order valence-electron chi connectivity index (χ3n) is 3.42. The van der Waals surface area contributed by atoms with Gasteiger partial charge in [0, 0.05) is 0 Å². The van der Waals surface area contributed by atoms with Gasteiger partial charge < -0.3 is 15.6 Å². The van der Waals surface area contributed by atoms with E-state index in [-0.39, 0.29) is 0 Å². The monoisotopic (exact) mass is 278 g/mol. The maximum atomic E-state index is 12.6. The van der Waals surface area contributed by atoms with Crippen LogP contribution in [0.25, 0.3) is 0 Å². The molecule has 1 aliphatic heterocycles. The number of aliphatic carboxylic acids is 1. The van der Waals surface area contributed by atoms with Gasteiger partial charge in [-0.1, -0.05) is 6.07 Å². The van der Waals surface area contributed by atoms with Crippen LogP contribution in [0.5, 0.6) is 5.75 Å². The molecule has 0 aliphatic carbocycles. The number of ether oxygens (including phenoxy) is 1. The first-order valence-electron chi connectivity index (χ1n) is 6.24. The van der Waals surface area contributed by atoms with E-state index in [0.717, 1.165) is 0 Å². The first-order valence-corrected chi connectivity index (χ1v) is 6.24. The van der Waals surface area contributed by atoms with E-state index in [0.29, 0.717) is 17.1 Å². The molecule has 20 heavy (non-hydrogen) atoms. The molecule has 0 radical (unpaired) electrons. The molecule has 1 aromatic carbocycles. The van der Waals surface area contributed by atoms with Gasteiger partial charge >= 0.3 is 5.97 Å². The molecule has 0 saturated carbocycles. The van der Waals surface area contributed by atoms with Crippen LogP contribution < -0.4 is 15.4 Å². The molecule has 3 N–H and O–H groups in total. The molecule has 2 rings (SSSR count). The van der Waals surface area contributed by atoms with E-state index in [1.165, 1.54) is 18.7 Å². The summed E-state index contributed by atoms with van der Waals surface area (Å²) in [6, 6.07) is 4.98. The molecule has 0 bridgehead atoms. The summed E-state index contributed by atoms with van der Waals surface area (Å²) in [4.78, 5) is 25.3. The van der Waals surface area contributed by atoms with Gasteiger partial charge in [-0.3, -0.25) is 9.69 Å². The van der Waals surface area contributed by atoms with Gasteiger partial charge in [0.05, 0.1) is 5.69 Å². The van der Waals surface area contributed by atoms with Crippen molar-refractivity contribution in [3.05, 3.63) is 18.2 Å². The summed E-state index contributed by atoms with van der Waals surface area (Å²) in [5, 5.41) is 9.42. The van der Waals surface area contributed by atoms with Crippen molar-refractivity contribution in [3.63, 3.8) is 0 Å². The quantitative estimate of drug-likeness (QED) is 0.802. The number of fused-ring (bicyclic) bond motifs is 1. The average molecular weight is 278 g/mol. The van der Waals surface area contributed by atoms with E-state index >= 15 is 0 Å². The molecule has 1 aromatic rings. The minimum absolute atomic E-state index is 0.306. The molecule has 0 spiro atoms. The highest BCUT2D eigenvalue weighted by atomic mass is 16.5. The number of carboxylic acids is 1. The Hall–Kier alpha value is -2.24. The number of benzene rings is 1. The number of hydrogen-bond acceptors (Lipinski definition) is 4. The van der Waals surface area contributed by atoms with Gasteiger partial charge in [-0.2, -0.15) is 0 Å². The van der Waals surface area contributed by atoms with Crippen molar-refractivity contribution < 1.29 is 19.4 Å². The van der Waals surface area contributed by atoms with Crippen LogP contribution in [0.15, 0.2) is 18.2 Å². The topological polar surface area (TPSA) is 92.9 Å². The van der Waals surface area contributed by atoms with E-state index in [1.54, 1.807) is 32.0 Å². The molecule has 0 saturated heterocycles. The van der Waals surface area contributed by atoms with Crippen LogP contribution in [0.3, 0.4) is 0 Å². The Morgan fingerprint density at radius 1 is 1.40 bits per heavy atom. The van der Waals surface area contributed by atoms with E-state index < -0.39 is 23.0 Å². The Morgan fingerprint density at radius 3 is 2.55 bits per heavy atom. The third-order valence-corrected chi connectivity index (χ3v) is 3.42. The number of nitrogen functional groups attached to an aromatic ring is 1. The van der Waals surface area contributed by atoms with Crippen LogP contribution in [0.1, 0.15) is 27.7 Å². The van der Waals surface area contributed by atoms with E-state index in [1.807, 2.05) is 0 Å². The van der Waals surface area contributed by atoms with Crippen LogP contribution in [-0.2, 0) is 9.59 Å². The van der Waals surface area contributed by atoms with Gasteiger partial charge in [-0.15, -0.1) is 0 Å². The van der Waals surface area contributed by atoms with Gasteiger partial charge in [-0.25, -0.2) is 4.79 Å². The second-order valence-corrected chi connectivity index (χ2v) is 5.81. The fraction of sp³-hybridized carbons (Fsp3) is 0.429. The lowest BCUT2D eigenvalue weighted by molar-refractivity contribution is -0.146. The smallest absolute Gasteiger partial charge is 0.329 e. The van der Waals surface area contributed by atoms with E-state index in [4.69, 9.17) is 10.5 Å². The molecule has 1 heterocycles. The third kappa shape index (κ3) is 1.88. The lowest BCUT2D eigenvalue weighted by Crippen LogP contribution is -2.62. The largest absolute Gasteiger partial charge is 0.480 e. The Kier molecular flexibility index (Phi) is 2.92. The molecule has 6 nitrogen and oxygen atoms in total. The molecule has 0 aromatic heterocycles. The zero-order chi connectivity index (χ0) is 15.3. The first-order chi connectivity index (χ1) is 9.09. The van der Waals surface area contributed by atoms with Crippen molar-refractivity contribution in [2.24, 2.45) is 0 Å². The molecule has 0 fully saturated rings. The summed E-state index contributed by atoms with van der Waals surface area (Å²) in [5.41, 5.74) is 3.95. The number of carbonyl (C=O) groups excluding carboxylic acids is 1. The maximum absolute atomic E-state index is 12.6. The summed E-state index contributed by atoms with van der Waals surface area (Å²) in [5.74, 6) is -1.14. The molecule has 1 aliphatic rings. The summed E-state index contributed by atoms with van der Waals surface area (Å²) in [6.45, 7) is 6.13. The molecule has 0 unspecified atom stereocenters. The number of nitrogens with two attached hydrogens (primary N) is 1. The number of amides is 1.